The van der Waals surface area contributed by atoms with Crippen LogP contribution in [0, 0.1) is 12.7 Å². The lowest BCUT2D eigenvalue weighted by Gasteiger charge is -2.22. The van der Waals surface area contributed by atoms with Crippen molar-refractivity contribution in [3.05, 3.63) is 135 Å². The number of thiophene rings is 1. The first-order valence-electron chi connectivity index (χ1n) is 14.6. The molecule has 11 heteroatoms. The highest BCUT2D eigenvalue weighted by atomic mass is 32.2. The summed E-state index contributed by atoms with van der Waals surface area (Å²) in [5.41, 5.74) is 4.39. The van der Waals surface area contributed by atoms with Gasteiger partial charge in [0.05, 0.1) is 28.9 Å². The van der Waals surface area contributed by atoms with Crippen molar-refractivity contribution in [2.24, 2.45) is 5.10 Å². The van der Waals surface area contributed by atoms with Crippen molar-refractivity contribution in [2.75, 3.05) is 5.75 Å². The van der Waals surface area contributed by atoms with Gasteiger partial charge in [0, 0.05) is 18.5 Å². The zero-order valence-electron chi connectivity index (χ0n) is 24.6. The van der Waals surface area contributed by atoms with Crippen molar-refractivity contribution in [2.45, 2.75) is 44.1 Å². The second kappa shape index (κ2) is 14.0. The van der Waals surface area contributed by atoms with Gasteiger partial charge in [-0.3, -0.25) is 9.59 Å². The van der Waals surface area contributed by atoms with Crippen LogP contribution in [-0.2, 0) is 24.3 Å². The number of carbonyl (C=O) groups excluding carboxylic acids is 2. The number of halogens is 1. The molecule has 0 saturated carbocycles. The molecule has 2 aromatic heterocycles. The second-order valence-corrected chi connectivity index (χ2v) is 12.6. The fourth-order valence-corrected chi connectivity index (χ4v) is 6.74. The molecule has 0 aliphatic carbocycles. The smallest absolute Gasteiger partial charge is 0.253 e. The van der Waals surface area contributed by atoms with E-state index in [1.165, 1.54) is 28.9 Å². The summed E-state index contributed by atoms with van der Waals surface area (Å²) in [5.74, 6) is -0.0257. The molecule has 5 aromatic rings. The number of rotatable bonds is 11. The standard InChI is InChI=1S/C34H31FN6O2S2/c1-23-7-5-10-26(19-23)33(43)36-21-31-37-38-34(40(31)17-16-24-8-3-2-4-9-24)45-22-32(42)41-29(25-12-14-27(35)15-13-25)20-28(39-41)30-11-6-18-44-30/h2-15,18-19,29H,16-17,20-22H2,1H3,(H,36,43)/t29-/m1/s1. The minimum Gasteiger partial charge on any atom is -0.345 e. The number of hydrogen-bond donors (Lipinski definition) is 1. The first-order chi connectivity index (χ1) is 21.9. The quantitative estimate of drug-likeness (QED) is 0.168. The van der Waals surface area contributed by atoms with E-state index < -0.39 is 0 Å². The molecule has 1 N–H and O–H groups in total. The molecule has 0 radical (unpaired) electrons. The molecule has 6 rings (SSSR count). The molecule has 0 saturated heterocycles. The Morgan fingerprint density at radius 1 is 1.00 bits per heavy atom. The van der Waals surface area contributed by atoms with Gasteiger partial charge in [0.15, 0.2) is 11.0 Å². The van der Waals surface area contributed by atoms with Crippen LogP contribution in [0.1, 0.15) is 50.2 Å². The van der Waals surface area contributed by atoms with Gasteiger partial charge in [-0.2, -0.15) is 5.10 Å². The van der Waals surface area contributed by atoms with E-state index in [2.05, 4.69) is 27.6 Å². The number of nitrogens with one attached hydrogen (secondary N) is 1. The van der Waals surface area contributed by atoms with E-state index in [0.717, 1.165) is 33.7 Å². The van der Waals surface area contributed by atoms with E-state index in [1.54, 1.807) is 29.5 Å². The van der Waals surface area contributed by atoms with Crippen LogP contribution in [0.25, 0.3) is 0 Å². The van der Waals surface area contributed by atoms with Gasteiger partial charge < -0.3 is 9.88 Å². The third-order valence-corrected chi connectivity index (χ3v) is 9.37. The van der Waals surface area contributed by atoms with Gasteiger partial charge in [-0.1, -0.05) is 78.0 Å². The summed E-state index contributed by atoms with van der Waals surface area (Å²) in [7, 11) is 0. The fraction of sp³-hybridized carbons (Fsp3) is 0.206. The predicted molar refractivity (Wildman–Crippen MR) is 175 cm³/mol. The van der Waals surface area contributed by atoms with Crippen molar-refractivity contribution in [1.82, 2.24) is 25.1 Å². The van der Waals surface area contributed by atoms with Gasteiger partial charge in [-0.25, -0.2) is 9.40 Å². The number of hydrogen-bond acceptors (Lipinski definition) is 7. The summed E-state index contributed by atoms with van der Waals surface area (Å²) in [6, 6.07) is 27.3. The minimum atomic E-state index is -0.334. The van der Waals surface area contributed by atoms with E-state index >= 15 is 0 Å². The van der Waals surface area contributed by atoms with Crippen LogP contribution in [0.3, 0.4) is 0 Å². The fourth-order valence-electron chi connectivity index (χ4n) is 5.18. The second-order valence-electron chi connectivity index (χ2n) is 10.7. The lowest BCUT2D eigenvalue weighted by molar-refractivity contribution is -0.130. The zero-order chi connectivity index (χ0) is 31.2. The van der Waals surface area contributed by atoms with E-state index in [4.69, 9.17) is 5.10 Å². The first kappa shape index (κ1) is 30.4. The molecule has 0 bridgehead atoms. The Hall–Kier alpha value is -4.61. The monoisotopic (exact) mass is 638 g/mol. The summed E-state index contributed by atoms with van der Waals surface area (Å²) in [5, 5.41) is 20.6. The van der Waals surface area contributed by atoms with Crippen LogP contribution < -0.4 is 5.32 Å². The number of aryl methyl sites for hydroxylation is 2. The van der Waals surface area contributed by atoms with Crippen LogP contribution in [0.4, 0.5) is 4.39 Å². The number of hydrazone groups is 1. The Kier molecular flexibility index (Phi) is 9.46. The van der Waals surface area contributed by atoms with Crippen molar-refractivity contribution in [1.29, 1.82) is 0 Å². The van der Waals surface area contributed by atoms with Gasteiger partial charge in [-0.15, -0.1) is 21.5 Å². The van der Waals surface area contributed by atoms with Crippen LogP contribution in [0.5, 0.6) is 0 Å². The summed E-state index contributed by atoms with van der Waals surface area (Å²) >= 11 is 2.86. The Labute approximate surface area is 269 Å². The van der Waals surface area contributed by atoms with Gasteiger partial charge >= 0.3 is 0 Å². The number of amides is 2. The number of aromatic nitrogens is 3. The van der Waals surface area contributed by atoms with Gasteiger partial charge in [-0.05, 0) is 60.2 Å². The number of carbonyl (C=O) groups is 2. The van der Waals surface area contributed by atoms with Gasteiger partial charge in [0.25, 0.3) is 11.8 Å². The maximum Gasteiger partial charge on any atom is 0.253 e. The topological polar surface area (TPSA) is 92.5 Å². The number of nitrogens with zero attached hydrogens (tertiary/aromatic N) is 5. The maximum absolute atomic E-state index is 13.7. The van der Waals surface area contributed by atoms with Gasteiger partial charge in [0.1, 0.15) is 5.82 Å². The van der Waals surface area contributed by atoms with Crippen molar-refractivity contribution < 1.29 is 14.0 Å². The maximum atomic E-state index is 13.7. The molecule has 1 aliphatic heterocycles. The molecule has 2 amide bonds. The summed E-state index contributed by atoms with van der Waals surface area (Å²) in [6.07, 6.45) is 1.27. The Morgan fingerprint density at radius 2 is 1.82 bits per heavy atom. The lowest BCUT2D eigenvalue weighted by atomic mass is 10.0. The highest BCUT2D eigenvalue weighted by Gasteiger charge is 2.33. The van der Waals surface area contributed by atoms with Crippen LogP contribution >= 0.6 is 23.1 Å². The Balaban J connectivity index is 1.19. The van der Waals surface area contributed by atoms with E-state index in [-0.39, 0.29) is 36.0 Å². The number of benzene rings is 3. The Bertz CT molecular complexity index is 1810. The van der Waals surface area contributed by atoms with Crippen molar-refractivity contribution in [3.8, 4) is 0 Å². The molecule has 3 heterocycles. The van der Waals surface area contributed by atoms with Crippen molar-refractivity contribution in [3.63, 3.8) is 0 Å². The summed E-state index contributed by atoms with van der Waals surface area (Å²) in [4.78, 5) is 27.5. The van der Waals surface area contributed by atoms with E-state index in [9.17, 15) is 14.0 Å². The lowest BCUT2D eigenvalue weighted by Crippen LogP contribution is -2.28. The van der Waals surface area contributed by atoms with Crippen LogP contribution in [0.2, 0.25) is 0 Å². The zero-order valence-corrected chi connectivity index (χ0v) is 26.2. The molecule has 0 unspecified atom stereocenters. The molecule has 1 aliphatic rings. The molecule has 45 heavy (non-hydrogen) atoms. The SMILES string of the molecule is Cc1cccc(C(=O)NCc2nnc(SCC(=O)N3N=C(c4cccs4)C[C@@H]3c3ccc(F)cc3)n2CCc2ccccc2)c1. The van der Waals surface area contributed by atoms with Crippen LogP contribution in [0.15, 0.2) is 107 Å². The average Bonchev–Trinajstić information content (AvgIpc) is 3.83. The third kappa shape index (κ3) is 7.38. The summed E-state index contributed by atoms with van der Waals surface area (Å²) < 4.78 is 15.7. The molecule has 228 valence electrons. The third-order valence-electron chi connectivity index (χ3n) is 7.50. The molecule has 8 nitrogen and oxygen atoms in total. The minimum absolute atomic E-state index is 0.0814. The normalized spacial score (nSPS) is 14.4. The van der Waals surface area contributed by atoms with Crippen LogP contribution in [-0.4, -0.2) is 43.1 Å². The number of thioether (sulfide) groups is 1. The predicted octanol–water partition coefficient (Wildman–Crippen LogP) is 6.43. The molecule has 0 spiro atoms. The molecule has 3 aromatic carbocycles. The van der Waals surface area contributed by atoms with Crippen molar-refractivity contribution >= 4 is 40.6 Å². The molecular formula is C34H31FN6O2S2. The highest BCUT2D eigenvalue weighted by Crippen LogP contribution is 2.34. The average molecular weight is 639 g/mol. The Morgan fingerprint density at radius 3 is 2.58 bits per heavy atom. The highest BCUT2D eigenvalue weighted by molar-refractivity contribution is 7.99. The first-order valence-corrected chi connectivity index (χ1v) is 16.4. The molecular weight excluding hydrogens is 608 g/mol. The van der Waals surface area contributed by atoms with E-state index in [0.29, 0.717) is 29.5 Å². The van der Waals surface area contributed by atoms with E-state index in [1.807, 2.05) is 65.4 Å². The molecule has 0 fully saturated rings. The van der Waals surface area contributed by atoms with Gasteiger partial charge in [0.2, 0.25) is 0 Å². The largest absolute Gasteiger partial charge is 0.345 e. The summed E-state index contributed by atoms with van der Waals surface area (Å²) in [6.45, 7) is 2.71. The molecule has 1 atom stereocenters.